The highest BCUT2D eigenvalue weighted by atomic mass is 35.5. The van der Waals surface area contributed by atoms with Gasteiger partial charge in [0, 0.05) is 11.6 Å². The number of phenolic OH excluding ortho intramolecular Hbond substituents is 1. The minimum atomic E-state index is -0.237. The van der Waals surface area contributed by atoms with Crippen molar-refractivity contribution in [3.8, 4) is 5.75 Å². The highest BCUT2D eigenvalue weighted by Gasteiger charge is 2.40. The Morgan fingerprint density at radius 1 is 1.53 bits per heavy atom. The van der Waals surface area contributed by atoms with Crippen LogP contribution >= 0.6 is 11.6 Å². The Morgan fingerprint density at radius 2 is 2.24 bits per heavy atom. The average Bonchev–Trinajstić information content (AvgIpc) is 3.07. The zero-order valence-corrected chi connectivity index (χ0v) is 10.5. The summed E-state index contributed by atoms with van der Waals surface area (Å²) in [5.74, 6) is -0.310. The molecule has 0 heterocycles. The zero-order valence-electron chi connectivity index (χ0n) is 9.79. The molecule has 17 heavy (non-hydrogen) atoms. The van der Waals surface area contributed by atoms with Gasteiger partial charge in [-0.2, -0.15) is 0 Å². The van der Waals surface area contributed by atoms with Crippen LogP contribution in [0.3, 0.4) is 0 Å². The molecule has 1 saturated carbocycles. The summed E-state index contributed by atoms with van der Waals surface area (Å²) >= 11 is 5.71. The summed E-state index contributed by atoms with van der Waals surface area (Å²) in [6, 6.07) is 4.52. The topological polar surface area (TPSA) is 49.3 Å². The lowest BCUT2D eigenvalue weighted by molar-refractivity contribution is 0.0941. The largest absolute Gasteiger partial charge is 0.507 e. The Kier molecular flexibility index (Phi) is 3.29. The van der Waals surface area contributed by atoms with Crippen LogP contribution < -0.4 is 5.32 Å². The molecule has 0 aliphatic heterocycles. The van der Waals surface area contributed by atoms with Crippen molar-refractivity contribution in [2.75, 3.05) is 6.54 Å². The number of carbonyl (C=O) groups excluding carboxylic acids is 1. The van der Waals surface area contributed by atoms with E-state index >= 15 is 0 Å². The Morgan fingerprint density at radius 3 is 2.76 bits per heavy atom. The molecule has 1 fully saturated rings. The molecule has 92 valence electrons. The van der Waals surface area contributed by atoms with E-state index in [1.807, 2.05) is 0 Å². The number of rotatable bonds is 4. The van der Waals surface area contributed by atoms with Crippen LogP contribution in [0.25, 0.3) is 0 Å². The molecule has 0 unspecified atom stereocenters. The predicted molar refractivity (Wildman–Crippen MR) is 67.4 cm³/mol. The first-order chi connectivity index (χ1) is 8.06. The number of amides is 1. The number of nitrogens with one attached hydrogen (secondary N) is 1. The fourth-order valence-electron chi connectivity index (χ4n) is 1.89. The number of halogens is 1. The van der Waals surface area contributed by atoms with Gasteiger partial charge in [0.15, 0.2) is 0 Å². The van der Waals surface area contributed by atoms with Crippen molar-refractivity contribution in [1.29, 1.82) is 0 Å². The highest BCUT2D eigenvalue weighted by molar-refractivity contribution is 6.30. The smallest absolute Gasteiger partial charge is 0.255 e. The standard InChI is InChI=1S/C13H16ClNO2/c1-2-13(5-6-13)8-15-12(17)10-4-3-9(14)7-11(10)16/h3-4,7,16H,2,5-6,8H2,1H3,(H,15,17). The maximum Gasteiger partial charge on any atom is 0.255 e. The van der Waals surface area contributed by atoms with Crippen molar-refractivity contribution < 1.29 is 9.90 Å². The van der Waals surface area contributed by atoms with Crippen molar-refractivity contribution in [2.45, 2.75) is 26.2 Å². The van der Waals surface area contributed by atoms with Crippen molar-refractivity contribution in [1.82, 2.24) is 5.32 Å². The molecule has 0 bridgehead atoms. The van der Waals surface area contributed by atoms with Gasteiger partial charge >= 0.3 is 0 Å². The lowest BCUT2D eigenvalue weighted by atomic mass is 10.0. The molecular weight excluding hydrogens is 238 g/mol. The summed E-state index contributed by atoms with van der Waals surface area (Å²) in [5, 5.41) is 12.9. The van der Waals surface area contributed by atoms with Gasteiger partial charge in [0.1, 0.15) is 5.75 Å². The van der Waals surface area contributed by atoms with Crippen LogP contribution in [0.4, 0.5) is 0 Å². The van der Waals surface area contributed by atoms with Crippen LogP contribution in [0.1, 0.15) is 36.5 Å². The molecular formula is C13H16ClNO2. The first-order valence-corrected chi connectivity index (χ1v) is 6.21. The molecule has 0 radical (unpaired) electrons. The van der Waals surface area contributed by atoms with Gasteiger partial charge in [-0.3, -0.25) is 4.79 Å². The van der Waals surface area contributed by atoms with Crippen LogP contribution in [0, 0.1) is 5.41 Å². The second-order valence-corrected chi connectivity index (χ2v) is 5.13. The van der Waals surface area contributed by atoms with Crippen molar-refractivity contribution in [3.63, 3.8) is 0 Å². The van der Waals surface area contributed by atoms with Crippen molar-refractivity contribution >= 4 is 17.5 Å². The van der Waals surface area contributed by atoms with Gasteiger partial charge in [0.05, 0.1) is 5.56 Å². The van der Waals surface area contributed by atoms with E-state index in [1.165, 1.54) is 18.9 Å². The molecule has 0 atom stereocenters. The minimum absolute atomic E-state index is 0.0728. The molecule has 1 aliphatic carbocycles. The monoisotopic (exact) mass is 253 g/mol. The summed E-state index contributed by atoms with van der Waals surface area (Å²) in [6.45, 7) is 2.82. The Bertz CT molecular complexity index is 441. The second-order valence-electron chi connectivity index (χ2n) is 4.70. The molecule has 0 aromatic heterocycles. The molecule has 3 nitrogen and oxygen atoms in total. The maximum atomic E-state index is 11.9. The Balaban J connectivity index is 2.00. The maximum absolute atomic E-state index is 11.9. The molecule has 2 rings (SSSR count). The van der Waals surface area contributed by atoms with E-state index < -0.39 is 0 Å². The third kappa shape index (κ3) is 2.72. The summed E-state index contributed by atoms with van der Waals surface area (Å²) in [5.41, 5.74) is 0.582. The molecule has 4 heteroatoms. The number of hydrogen-bond acceptors (Lipinski definition) is 2. The van der Waals surface area contributed by atoms with Crippen LogP contribution in [0.2, 0.25) is 5.02 Å². The number of benzene rings is 1. The van der Waals surface area contributed by atoms with Crippen molar-refractivity contribution in [2.24, 2.45) is 5.41 Å². The van der Waals surface area contributed by atoms with E-state index in [0.717, 1.165) is 6.42 Å². The summed E-state index contributed by atoms with van der Waals surface area (Å²) in [7, 11) is 0. The number of hydrogen-bond donors (Lipinski definition) is 2. The average molecular weight is 254 g/mol. The molecule has 2 N–H and O–H groups in total. The molecule has 1 aromatic rings. The van der Waals surface area contributed by atoms with Gasteiger partial charge in [0.2, 0.25) is 0 Å². The number of phenols is 1. The summed E-state index contributed by atoms with van der Waals surface area (Å²) in [4.78, 5) is 11.9. The minimum Gasteiger partial charge on any atom is -0.507 e. The summed E-state index contributed by atoms with van der Waals surface area (Å²) < 4.78 is 0. The van der Waals surface area contributed by atoms with Gasteiger partial charge < -0.3 is 10.4 Å². The quantitative estimate of drug-likeness (QED) is 0.867. The lowest BCUT2D eigenvalue weighted by Crippen LogP contribution is -2.29. The van der Waals surface area contributed by atoms with Gasteiger partial charge in [-0.25, -0.2) is 0 Å². The number of carbonyl (C=O) groups is 1. The Labute approximate surface area is 106 Å². The van der Waals surface area contributed by atoms with E-state index in [9.17, 15) is 9.90 Å². The van der Waals surface area contributed by atoms with E-state index in [-0.39, 0.29) is 17.2 Å². The normalized spacial score (nSPS) is 16.6. The first-order valence-electron chi connectivity index (χ1n) is 5.83. The van der Waals surface area contributed by atoms with Gasteiger partial charge in [-0.05, 0) is 42.9 Å². The van der Waals surface area contributed by atoms with Gasteiger partial charge in [-0.15, -0.1) is 0 Å². The zero-order chi connectivity index (χ0) is 12.5. The van der Waals surface area contributed by atoms with E-state index in [4.69, 9.17) is 11.6 Å². The van der Waals surface area contributed by atoms with Gasteiger partial charge in [0.25, 0.3) is 5.91 Å². The third-order valence-electron chi connectivity index (χ3n) is 3.54. The predicted octanol–water partition coefficient (Wildman–Crippen LogP) is 2.97. The third-order valence-corrected chi connectivity index (χ3v) is 3.77. The molecule has 1 aliphatic rings. The Hall–Kier alpha value is -1.22. The van der Waals surface area contributed by atoms with E-state index in [0.29, 0.717) is 17.0 Å². The number of aromatic hydroxyl groups is 1. The molecule has 1 aromatic carbocycles. The molecule has 0 spiro atoms. The van der Waals surface area contributed by atoms with E-state index in [2.05, 4.69) is 12.2 Å². The van der Waals surface area contributed by atoms with E-state index in [1.54, 1.807) is 12.1 Å². The summed E-state index contributed by atoms with van der Waals surface area (Å²) in [6.07, 6.45) is 3.44. The van der Waals surface area contributed by atoms with Crippen LogP contribution in [0.15, 0.2) is 18.2 Å². The SMILES string of the molecule is CCC1(CNC(=O)c2ccc(Cl)cc2O)CC1. The van der Waals surface area contributed by atoms with Gasteiger partial charge in [-0.1, -0.05) is 18.5 Å². The van der Waals surface area contributed by atoms with Crippen LogP contribution in [-0.2, 0) is 0 Å². The highest BCUT2D eigenvalue weighted by Crippen LogP contribution is 2.47. The molecule has 1 amide bonds. The first kappa shape index (κ1) is 12.2. The lowest BCUT2D eigenvalue weighted by Gasteiger charge is -2.13. The van der Waals surface area contributed by atoms with Crippen LogP contribution in [0.5, 0.6) is 5.75 Å². The fraction of sp³-hybridized carbons (Fsp3) is 0.462. The van der Waals surface area contributed by atoms with Crippen LogP contribution in [-0.4, -0.2) is 17.6 Å². The van der Waals surface area contributed by atoms with Crippen molar-refractivity contribution in [3.05, 3.63) is 28.8 Å². The fourth-order valence-corrected chi connectivity index (χ4v) is 2.06. The second kappa shape index (κ2) is 4.57. The molecule has 0 saturated heterocycles.